The number of carbonyl (C=O) groups is 4. The summed E-state index contributed by atoms with van der Waals surface area (Å²) in [4.78, 5) is 46.7. The molecule has 1 amide bonds. The third-order valence-electron chi connectivity index (χ3n) is 3.12. The van der Waals surface area contributed by atoms with Crippen LogP contribution in [0.15, 0.2) is 0 Å². The Balaban J connectivity index is 4.51. The number of esters is 3. The van der Waals surface area contributed by atoms with Crippen molar-refractivity contribution >= 4 is 23.8 Å². The summed E-state index contributed by atoms with van der Waals surface area (Å²) < 4.78 is 14.4. The van der Waals surface area contributed by atoms with Crippen LogP contribution in [0, 0.1) is 0 Å². The van der Waals surface area contributed by atoms with E-state index in [9.17, 15) is 19.2 Å². The number of amides is 1. The molecule has 0 aromatic carbocycles. The first-order valence-electron chi connectivity index (χ1n) is 8.39. The van der Waals surface area contributed by atoms with Crippen molar-refractivity contribution in [3.63, 3.8) is 0 Å². The predicted octanol–water partition coefficient (Wildman–Crippen LogP) is 0.0482. The Hall–Kier alpha value is -2.16. The molecule has 0 aromatic rings. The molecular formula is C16H28N2O7. The van der Waals surface area contributed by atoms with Crippen molar-refractivity contribution in [3.8, 4) is 0 Å². The smallest absolute Gasteiger partial charge is 0.328 e. The van der Waals surface area contributed by atoms with Crippen LogP contribution in [0.3, 0.4) is 0 Å². The van der Waals surface area contributed by atoms with Crippen LogP contribution < -0.4 is 11.1 Å². The normalized spacial score (nSPS) is 12.6. The molecule has 0 aliphatic heterocycles. The summed E-state index contributed by atoms with van der Waals surface area (Å²) in [6.07, 6.45) is 0.0562. The molecule has 0 bridgehead atoms. The summed E-state index contributed by atoms with van der Waals surface area (Å²) in [5.74, 6) is -2.15. The van der Waals surface area contributed by atoms with Crippen molar-refractivity contribution in [2.24, 2.45) is 5.73 Å². The number of rotatable bonds is 12. The van der Waals surface area contributed by atoms with Gasteiger partial charge in [0.15, 0.2) is 0 Å². The molecule has 0 aliphatic carbocycles. The Labute approximate surface area is 147 Å². The summed E-state index contributed by atoms with van der Waals surface area (Å²) in [6, 6.07) is -1.87. The van der Waals surface area contributed by atoms with E-state index in [1.807, 2.05) is 0 Å². The molecule has 0 radical (unpaired) electrons. The minimum absolute atomic E-state index is 0.0278. The Morgan fingerprint density at radius 2 is 1.40 bits per heavy atom. The lowest BCUT2D eigenvalue weighted by atomic mass is 10.1. The lowest BCUT2D eigenvalue weighted by molar-refractivity contribution is -0.149. The predicted molar refractivity (Wildman–Crippen MR) is 88.3 cm³/mol. The zero-order valence-electron chi connectivity index (χ0n) is 15.0. The fourth-order valence-corrected chi connectivity index (χ4v) is 1.91. The number of nitrogens with one attached hydrogen (secondary N) is 1. The van der Waals surface area contributed by atoms with E-state index in [2.05, 4.69) is 5.32 Å². The van der Waals surface area contributed by atoms with Crippen LogP contribution in [-0.4, -0.2) is 55.7 Å². The van der Waals surface area contributed by atoms with Crippen molar-refractivity contribution < 1.29 is 33.4 Å². The van der Waals surface area contributed by atoms with Crippen LogP contribution >= 0.6 is 0 Å². The molecule has 25 heavy (non-hydrogen) atoms. The lowest BCUT2D eigenvalue weighted by Gasteiger charge is -2.17. The molecule has 0 spiro atoms. The van der Waals surface area contributed by atoms with Crippen molar-refractivity contribution in [3.05, 3.63) is 0 Å². The Morgan fingerprint density at radius 3 is 1.96 bits per heavy atom. The van der Waals surface area contributed by atoms with E-state index in [1.165, 1.54) is 0 Å². The van der Waals surface area contributed by atoms with Gasteiger partial charge in [0.2, 0.25) is 5.91 Å². The first-order chi connectivity index (χ1) is 11.8. The zero-order chi connectivity index (χ0) is 19.2. The largest absolute Gasteiger partial charge is 0.466 e. The molecule has 144 valence electrons. The topological polar surface area (TPSA) is 134 Å². The molecule has 0 heterocycles. The highest BCUT2D eigenvalue weighted by atomic mass is 16.5. The standard InChI is InChI=1S/C16H28N2O7/c1-4-23-14(20)10-8-12(16(22)25-6-3)18-13(19)9-7-11(17)15(21)24-5-2/h11-12H,4-10,17H2,1-3H3,(H,18,19)/t11-,12-/m0/s1. The maximum atomic E-state index is 12.0. The van der Waals surface area contributed by atoms with E-state index in [-0.39, 0.29) is 45.5 Å². The molecule has 9 heteroatoms. The monoisotopic (exact) mass is 360 g/mol. The minimum atomic E-state index is -0.962. The van der Waals surface area contributed by atoms with Gasteiger partial charge in [-0.15, -0.1) is 0 Å². The van der Waals surface area contributed by atoms with Gasteiger partial charge in [0.05, 0.1) is 19.8 Å². The average molecular weight is 360 g/mol. The highest BCUT2D eigenvalue weighted by molar-refractivity contribution is 5.85. The van der Waals surface area contributed by atoms with Crippen molar-refractivity contribution in [1.29, 1.82) is 0 Å². The highest BCUT2D eigenvalue weighted by Crippen LogP contribution is 2.05. The number of nitrogens with two attached hydrogens (primary N) is 1. The van der Waals surface area contributed by atoms with E-state index in [0.717, 1.165) is 0 Å². The SMILES string of the molecule is CCOC(=O)CC[C@H](NC(=O)CC[C@H](N)C(=O)OCC)C(=O)OCC. The van der Waals surface area contributed by atoms with E-state index in [4.69, 9.17) is 19.9 Å². The van der Waals surface area contributed by atoms with Gasteiger partial charge in [-0.3, -0.25) is 14.4 Å². The van der Waals surface area contributed by atoms with E-state index in [0.29, 0.717) is 0 Å². The molecule has 0 rings (SSSR count). The van der Waals surface area contributed by atoms with Crippen LogP contribution in [0.1, 0.15) is 46.5 Å². The van der Waals surface area contributed by atoms with Gasteiger partial charge >= 0.3 is 17.9 Å². The van der Waals surface area contributed by atoms with Gasteiger partial charge in [0.1, 0.15) is 12.1 Å². The maximum absolute atomic E-state index is 12.0. The van der Waals surface area contributed by atoms with Crippen LogP contribution in [0.25, 0.3) is 0 Å². The summed E-state index contributed by atoms with van der Waals surface area (Å²) in [5.41, 5.74) is 5.61. The molecule has 0 unspecified atom stereocenters. The van der Waals surface area contributed by atoms with Crippen LogP contribution in [0.4, 0.5) is 0 Å². The van der Waals surface area contributed by atoms with Gasteiger partial charge in [0, 0.05) is 12.8 Å². The second-order valence-electron chi connectivity index (χ2n) is 5.11. The molecular weight excluding hydrogens is 332 g/mol. The third-order valence-corrected chi connectivity index (χ3v) is 3.12. The molecule has 0 saturated carbocycles. The summed E-state index contributed by atoms with van der Waals surface area (Å²) >= 11 is 0. The summed E-state index contributed by atoms with van der Waals surface area (Å²) in [6.45, 7) is 5.57. The molecule has 3 N–H and O–H groups in total. The van der Waals surface area contributed by atoms with Gasteiger partial charge in [-0.25, -0.2) is 4.79 Å². The second-order valence-corrected chi connectivity index (χ2v) is 5.11. The van der Waals surface area contributed by atoms with Crippen molar-refractivity contribution in [2.45, 2.75) is 58.5 Å². The number of hydrogen-bond acceptors (Lipinski definition) is 8. The Bertz CT molecular complexity index is 454. The molecule has 0 aliphatic rings. The Morgan fingerprint density at radius 1 is 0.840 bits per heavy atom. The van der Waals surface area contributed by atoms with Gasteiger partial charge in [0.25, 0.3) is 0 Å². The highest BCUT2D eigenvalue weighted by Gasteiger charge is 2.24. The summed E-state index contributed by atoms with van der Waals surface area (Å²) in [5, 5.41) is 2.50. The molecule has 9 nitrogen and oxygen atoms in total. The third kappa shape index (κ3) is 10.3. The fraction of sp³-hybridized carbons (Fsp3) is 0.750. The number of carbonyl (C=O) groups excluding carboxylic acids is 4. The van der Waals surface area contributed by atoms with Crippen LogP contribution in [0.2, 0.25) is 0 Å². The fourth-order valence-electron chi connectivity index (χ4n) is 1.91. The molecule has 0 fully saturated rings. The van der Waals surface area contributed by atoms with Crippen LogP contribution in [0.5, 0.6) is 0 Å². The van der Waals surface area contributed by atoms with Crippen LogP contribution in [-0.2, 0) is 33.4 Å². The number of hydrogen-bond donors (Lipinski definition) is 2. The van der Waals surface area contributed by atoms with Gasteiger partial charge < -0.3 is 25.3 Å². The van der Waals surface area contributed by atoms with E-state index < -0.39 is 35.9 Å². The first-order valence-corrected chi connectivity index (χ1v) is 8.39. The molecule has 0 saturated heterocycles. The maximum Gasteiger partial charge on any atom is 0.328 e. The molecule has 2 atom stereocenters. The molecule has 0 aromatic heterocycles. The Kier molecular flexibility index (Phi) is 12.0. The van der Waals surface area contributed by atoms with Gasteiger partial charge in [-0.1, -0.05) is 0 Å². The van der Waals surface area contributed by atoms with Crippen molar-refractivity contribution in [1.82, 2.24) is 5.32 Å². The van der Waals surface area contributed by atoms with Crippen molar-refractivity contribution in [2.75, 3.05) is 19.8 Å². The lowest BCUT2D eigenvalue weighted by Crippen LogP contribution is -2.43. The average Bonchev–Trinajstić information content (AvgIpc) is 2.56. The first kappa shape index (κ1) is 22.8. The van der Waals surface area contributed by atoms with E-state index >= 15 is 0 Å². The summed E-state index contributed by atoms with van der Waals surface area (Å²) in [7, 11) is 0. The zero-order valence-corrected chi connectivity index (χ0v) is 15.0. The van der Waals surface area contributed by atoms with Gasteiger partial charge in [-0.05, 0) is 33.6 Å². The van der Waals surface area contributed by atoms with Gasteiger partial charge in [-0.2, -0.15) is 0 Å². The number of ether oxygens (including phenoxy) is 3. The quantitative estimate of drug-likeness (QED) is 0.368. The van der Waals surface area contributed by atoms with E-state index in [1.54, 1.807) is 20.8 Å². The minimum Gasteiger partial charge on any atom is -0.466 e. The second kappa shape index (κ2) is 13.2.